The van der Waals surface area contributed by atoms with Gasteiger partial charge in [0.25, 0.3) is 0 Å². The number of halogens is 3. The van der Waals surface area contributed by atoms with Crippen molar-refractivity contribution in [2.75, 3.05) is 4.72 Å². The highest BCUT2D eigenvalue weighted by Crippen LogP contribution is 2.26. The number of hydrogen-bond acceptors (Lipinski definition) is 1. The first-order chi connectivity index (χ1) is 10.5. The molecule has 3 nitrogen and oxygen atoms in total. The SMILES string of the molecule is O=S(Cc1cccc(Cl)c1)Nc1c[nH]c2cc(F)c(F)cc12. The van der Waals surface area contributed by atoms with E-state index in [1.807, 2.05) is 6.07 Å². The highest BCUT2D eigenvalue weighted by Gasteiger charge is 2.11. The van der Waals surface area contributed by atoms with Crippen molar-refractivity contribution < 1.29 is 13.0 Å². The molecule has 0 fully saturated rings. The Balaban J connectivity index is 1.81. The number of H-pyrrole nitrogens is 1. The molecule has 0 aliphatic rings. The van der Waals surface area contributed by atoms with Gasteiger partial charge in [-0.2, -0.15) is 0 Å². The summed E-state index contributed by atoms with van der Waals surface area (Å²) in [6.45, 7) is 0. The van der Waals surface area contributed by atoms with Crippen LogP contribution in [0.15, 0.2) is 42.6 Å². The average molecular weight is 341 g/mol. The average Bonchev–Trinajstić information content (AvgIpc) is 2.81. The zero-order valence-corrected chi connectivity index (χ0v) is 12.8. The van der Waals surface area contributed by atoms with Crippen LogP contribution in [0.4, 0.5) is 14.5 Å². The molecule has 0 radical (unpaired) electrons. The fraction of sp³-hybridized carbons (Fsp3) is 0.0667. The molecule has 0 saturated carbocycles. The Bertz CT molecular complexity index is 866. The summed E-state index contributed by atoms with van der Waals surface area (Å²) in [6, 6.07) is 9.19. The highest BCUT2D eigenvalue weighted by atomic mass is 35.5. The third-order valence-corrected chi connectivity index (χ3v) is 4.41. The molecule has 7 heteroatoms. The molecule has 1 atom stereocenters. The van der Waals surface area contributed by atoms with E-state index in [0.717, 1.165) is 17.7 Å². The van der Waals surface area contributed by atoms with Gasteiger partial charge in [0, 0.05) is 22.7 Å². The quantitative estimate of drug-likeness (QED) is 0.727. The minimum atomic E-state index is -1.42. The lowest BCUT2D eigenvalue weighted by Crippen LogP contribution is -2.06. The van der Waals surface area contributed by atoms with Crippen LogP contribution in [-0.4, -0.2) is 9.19 Å². The molecule has 1 heterocycles. The molecule has 0 amide bonds. The largest absolute Gasteiger partial charge is 0.359 e. The van der Waals surface area contributed by atoms with E-state index < -0.39 is 22.6 Å². The van der Waals surface area contributed by atoms with Gasteiger partial charge in [0.1, 0.15) is 11.0 Å². The molecule has 0 saturated heterocycles. The second kappa shape index (κ2) is 6.06. The first kappa shape index (κ1) is 15.0. The summed E-state index contributed by atoms with van der Waals surface area (Å²) < 4.78 is 41.4. The number of aromatic amines is 1. The Labute approximate surface area is 132 Å². The summed E-state index contributed by atoms with van der Waals surface area (Å²) in [4.78, 5) is 2.81. The molecule has 0 spiro atoms. The summed E-state index contributed by atoms with van der Waals surface area (Å²) in [5.74, 6) is -1.63. The Morgan fingerprint density at radius 2 is 1.95 bits per heavy atom. The number of hydrogen-bond donors (Lipinski definition) is 2. The van der Waals surface area contributed by atoms with Crippen molar-refractivity contribution in [3.8, 4) is 0 Å². The van der Waals surface area contributed by atoms with Crippen molar-refractivity contribution in [3.63, 3.8) is 0 Å². The first-order valence-electron chi connectivity index (χ1n) is 6.38. The van der Waals surface area contributed by atoms with Gasteiger partial charge in [-0.1, -0.05) is 23.7 Å². The van der Waals surface area contributed by atoms with Crippen molar-refractivity contribution in [1.29, 1.82) is 0 Å². The Hall–Kier alpha value is -1.92. The van der Waals surface area contributed by atoms with E-state index in [4.69, 9.17) is 11.6 Å². The van der Waals surface area contributed by atoms with Crippen LogP contribution in [0.1, 0.15) is 5.56 Å². The number of aromatic nitrogens is 1. The van der Waals surface area contributed by atoms with Crippen LogP contribution in [0.2, 0.25) is 5.02 Å². The van der Waals surface area contributed by atoms with Gasteiger partial charge in [-0.25, -0.2) is 13.0 Å². The number of nitrogens with one attached hydrogen (secondary N) is 2. The van der Waals surface area contributed by atoms with Gasteiger partial charge < -0.3 is 9.71 Å². The maximum atomic E-state index is 13.3. The maximum Gasteiger partial charge on any atom is 0.160 e. The molecule has 1 unspecified atom stereocenters. The molecular formula is C15H11ClF2N2OS. The molecule has 3 aromatic rings. The zero-order valence-electron chi connectivity index (χ0n) is 11.2. The van der Waals surface area contributed by atoms with E-state index in [0.29, 0.717) is 21.6 Å². The Morgan fingerprint density at radius 3 is 2.73 bits per heavy atom. The van der Waals surface area contributed by atoms with Crippen LogP contribution in [0.3, 0.4) is 0 Å². The summed E-state index contributed by atoms with van der Waals surface area (Å²) in [7, 11) is -1.42. The molecular weight excluding hydrogens is 330 g/mol. The van der Waals surface area contributed by atoms with Crippen LogP contribution in [-0.2, 0) is 16.7 Å². The maximum absolute atomic E-state index is 13.3. The minimum absolute atomic E-state index is 0.247. The number of benzene rings is 2. The van der Waals surface area contributed by atoms with Crippen LogP contribution >= 0.6 is 11.6 Å². The van der Waals surface area contributed by atoms with Gasteiger partial charge >= 0.3 is 0 Å². The summed E-state index contributed by atoms with van der Waals surface area (Å²) >= 11 is 5.88. The van der Waals surface area contributed by atoms with Crippen molar-refractivity contribution in [3.05, 3.63) is 64.8 Å². The van der Waals surface area contributed by atoms with E-state index >= 15 is 0 Å². The van der Waals surface area contributed by atoms with E-state index in [2.05, 4.69) is 9.71 Å². The van der Waals surface area contributed by atoms with Gasteiger partial charge in [-0.3, -0.25) is 0 Å². The highest BCUT2D eigenvalue weighted by molar-refractivity contribution is 7.85. The van der Waals surface area contributed by atoms with Crippen LogP contribution in [0.25, 0.3) is 10.9 Å². The predicted molar refractivity (Wildman–Crippen MR) is 85.1 cm³/mol. The predicted octanol–water partition coefficient (Wildman–Crippen LogP) is 4.38. The Morgan fingerprint density at radius 1 is 1.18 bits per heavy atom. The first-order valence-corrected chi connectivity index (χ1v) is 8.08. The monoisotopic (exact) mass is 340 g/mol. The molecule has 0 aliphatic carbocycles. The van der Waals surface area contributed by atoms with E-state index in [-0.39, 0.29) is 5.75 Å². The summed E-state index contributed by atoms with van der Waals surface area (Å²) in [5.41, 5.74) is 1.70. The fourth-order valence-corrected chi connectivity index (χ4v) is 3.32. The molecule has 0 bridgehead atoms. The van der Waals surface area contributed by atoms with Crippen molar-refractivity contribution in [2.45, 2.75) is 5.75 Å². The van der Waals surface area contributed by atoms with E-state index in [9.17, 15) is 13.0 Å². The number of fused-ring (bicyclic) bond motifs is 1. The lowest BCUT2D eigenvalue weighted by molar-refractivity contribution is 0.511. The number of anilines is 1. The van der Waals surface area contributed by atoms with Crippen molar-refractivity contribution in [1.82, 2.24) is 4.98 Å². The van der Waals surface area contributed by atoms with Crippen molar-refractivity contribution >= 4 is 39.2 Å². The molecule has 1 aromatic heterocycles. The normalized spacial score (nSPS) is 12.5. The molecule has 3 rings (SSSR count). The van der Waals surface area contributed by atoms with Gasteiger partial charge in [0.15, 0.2) is 11.6 Å². The topological polar surface area (TPSA) is 44.9 Å². The summed E-state index contributed by atoms with van der Waals surface area (Å²) in [6.07, 6.45) is 1.53. The molecule has 2 aromatic carbocycles. The molecule has 0 aliphatic heterocycles. The summed E-state index contributed by atoms with van der Waals surface area (Å²) in [5, 5.41) is 1.01. The van der Waals surface area contributed by atoms with Gasteiger partial charge in [-0.05, 0) is 23.8 Å². The third-order valence-electron chi connectivity index (χ3n) is 3.13. The standard InChI is InChI=1S/C15H11ClF2N2OS/c16-10-3-1-2-9(4-10)8-22(21)20-15-7-19-14-6-13(18)12(17)5-11(14)15/h1-7,19-20H,8H2. The number of rotatable bonds is 4. The third kappa shape index (κ3) is 3.13. The Kier molecular flexibility index (Phi) is 4.13. The fourth-order valence-electron chi connectivity index (χ4n) is 2.14. The van der Waals surface area contributed by atoms with Crippen LogP contribution in [0.5, 0.6) is 0 Å². The molecule has 22 heavy (non-hydrogen) atoms. The zero-order chi connectivity index (χ0) is 15.7. The van der Waals surface area contributed by atoms with Crippen LogP contribution < -0.4 is 4.72 Å². The lowest BCUT2D eigenvalue weighted by atomic mass is 10.2. The van der Waals surface area contributed by atoms with Gasteiger partial charge in [-0.15, -0.1) is 0 Å². The second-order valence-corrected chi connectivity index (χ2v) is 6.36. The van der Waals surface area contributed by atoms with E-state index in [1.54, 1.807) is 18.2 Å². The lowest BCUT2D eigenvalue weighted by Gasteiger charge is -2.05. The van der Waals surface area contributed by atoms with Crippen molar-refractivity contribution in [2.24, 2.45) is 0 Å². The van der Waals surface area contributed by atoms with Crippen LogP contribution in [0, 0.1) is 11.6 Å². The van der Waals surface area contributed by atoms with E-state index in [1.165, 1.54) is 6.20 Å². The van der Waals surface area contributed by atoms with Gasteiger partial charge in [0.2, 0.25) is 0 Å². The molecule has 114 valence electrons. The second-order valence-electron chi connectivity index (χ2n) is 4.74. The molecule has 2 N–H and O–H groups in total. The van der Waals surface area contributed by atoms with Gasteiger partial charge in [0.05, 0.1) is 17.0 Å². The smallest absolute Gasteiger partial charge is 0.160 e. The minimum Gasteiger partial charge on any atom is -0.359 e.